The van der Waals surface area contributed by atoms with E-state index in [0.29, 0.717) is 17.3 Å². The van der Waals surface area contributed by atoms with Gasteiger partial charge in [-0.3, -0.25) is 4.98 Å². The van der Waals surface area contributed by atoms with Crippen LogP contribution in [0.5, 0.6) is 0 Å². The summed E-state index contributed by atoms with van der Waals surface area (Å²) in [5.74, 6) is 1.16. The molecular weight excluding hydrogens is 1520 g/mol. The summed E-state index contributed by atoms with van der Waals surface area (Å²) < 4.78 is 6.89. The van der Waals surface area contributed by atoms with Crippen LogP contribution in [-0.2, 0) is 10.8 Å². The van der Waals surface area contributed by atoms with Crippen LogP contribution in [0.25, 0.3) is 157 Å². The highest BCUT2D eigenvalue weighted by Gasteiger charge is 2.54. The van der Waals surface area contributed by atoms with Crippen LogP contribution < -0.4 is 9.80 Å². The fraction of sp³-hybridized carbons (Fsp3) is 0.0171. The van der Waals surface area contributed by atoms with Gasteiger partial charge >= 0.3 is 0 Å². The van der Waals surface area contributed by atoms with Gasteiger partial charge in [-0.15, -0.1) is 0 Å². The van der Waals surface area contributed by atoms with E-state index in [1.165, 1.54) is 89.4 Å². The lowest BCUT2D eigenvalue weighted by Crippen LogP contribution is -2.36. The zero-order valence-corrected chi connectivity index (χ0v) is 67.7. The van der Waals surface area contributed by atoms with E-state index < -0.39 is 10.8 Å². The summed E-state index contributed by atoms with van der Waals surface area (Å²) in [7, 11) is 0. The lowest BCUT2D eigenvalue weighted by molar-refractivity contribution is 0.670. The van der Waals surface area contributed by atoms with Gasteiger partial charge in [0.05, 0.1) is 56.4 Å². The molecule has 17 aromatic carbocycles. The van der Waals surface area contributed by atoms with Gasteiger partial charge in [0.15, 0.2) is 11.6 Å². The molecule has 125 heavy (non-hydrogen) atoms. The molecule has 25 rings (SSSR count). The summed E-state index contributed by atoms with van der Waals surface area (Å²) in [5.41, 5.74) is 40.0. The van der Waals surface area contributed by atoms with Crippen molar-refractivity contribution in [3.8, 4) is 135 Å². The largest absolute Gasteiger partial charge is 0.455 e. The van der Waals surface area contributed by atoms with Crippen LogP contribution in [0.1, 0.15) is 44.5 Å². The minimum Gasteiger partial charge on any atom is -0.455 e. The summed E-state index contributed by atoms with van der Waals surface area (Å²) in [6, 6.07) is 158. The van der Waals surface area contributed by atoms with Crippen LogP contribution in [0, 0.1) is 0 Å². The summed E-state index contributed by atoms with van der Waals surface area (Å²) in [5, 5.41) is 2.03. The zero-order chi connectivity index (χ0) is 82.3. The molecule has 0 radical (unpaired) electrons. The van der Waals surface area contributed by atoms with E-state index in [2.05, 4.69) is 434 Å². The molecule has 0 saturated carbocycles. The number of hydrogen-bond acceptors (Lipinski definition) is 8. The molecule has 0 bridgehead atoms. The Balaban J connectivity index is 0.518. The molecule has 2 aliphatic carbocycles. The van der Waals surface area contributed by atoms with Crippen LogP contribution in [0.3, 0.4) is 0 Å². The van der Waals surface area contributed by atoms with Gasteiger partial charge in [0.1, 0.15) is 16.9 Å². The Hall–Kier alpha value is -16.6. The van der Waals surface area contributed by atoms with Crippen LogP contribution >= 0.6 is 0 Å². The summed E-state index contributed by atoms with van der Waals surface area (Å²) >= 11 is 0. The van der Waals surface area contributed by atoms with Gasteiger partial charge in [-0.1, -0.05) is 352 Å². The predicted molar refractivity (Wildman–Crippen MR) is 508 cm³/mol. The molecule has 0 unspecified atom stereocenters. The lowest BCUT2D eigenvalue weighted by atomic mass is 9.64. The van der Waals surface area contributed by atoms with E-state index >= 15 is 0 Å². The normalized spacial score (nSPS) is 13.2. The summed E-state index contributed by atoms with van der Waals surface area (Å²) in [4.78, 5) is 31.2. The molecule has 0 atom stereocenters. The first-order valence-electron chi connectivity index (χ1n) is 42.7. The highest BCUT2D eigenvalue weighted by atomic mass is 16.3. The molecular formula is C117H73N7O. The Morgan fingerprint density at radius 2 is 0.584 bits per heavy atom. The van der Waals surface area contributed by atoms with Crippen molar-refractivity contribution < 1.29 is 4.42 Å². The van der Waals surface area contributed by atoms with Crippen LogP contribution in [0.2, 0.25) is 0 Å². The third-order valence-corrected chi connectivity index (χ3v) is 26.2. The second-order valence-electron chi connectivity index (χ2n) is 32.8. The first-order valence-corrected chi connectivity index (χ1v) is 42.7. The molecule has 2 aliphatic heterocycles. The highest BCUT2D eigenvalue weighted by Crippen LogP contribution is 2.67. The van der Waals surface area contributed by atoms with E-state index in [1.807, 2.05) is 18.3 Å². The molecule has 8 nitrogen and oxygen atoms in total. The minimum atomic E-state index is -0.569. The molecule has 21 aromatic rings. The first-order chi connectivity index (χ1) is 62.0. The maximum atomic E-state index is 6.89. The second-order valence-corrected chi connectivity index (χ2v) is 32.8. The van der Waals surface area contributed by atoms with Gasteiger partial charge in [-0.2, -0.15) is 0 Å². The Labute approximate surface area is 723 Å². The van der Waals surface area contributed by atoms with E-state index in [-0.39, 0.29) is 0 Å². The molecule has 8 heteroatoms. The summed E-state index contributed by atoms with van der Waals surface area (Å²) in [6.07, 6.45) is 1.86. The number of anilines is 6. The van der Waals surface area contributed by atoms with Crippen LogP contribution in [0.15, 0.2) is 447 Å². The average Bonchev–Trinajstić information content (AvgIpc) is 1.54. The van der Waals surface area contributed by atoms with E-state index in [1.54, 1.807) is 0 Å². The van der Waals surface area contributed by atoms with Crippen molar-refractivity contribution in [1.82, 2.24) is 24.9 Å². The van der Waals surface area contributed by atoms with Gasteiger partial charge in [-0.25, -0.2) is 19.9 Å². The maximum absolute atomic E-state index is 6.89. The van der Waals surface area contributed by atoms with Crippen LogP contribution in [0.4, 0.5) is 34.1 Å². The number of pyridine rings is 1. The second kappa shape index (κ2) is 28.6. The Morgan fingerprint density at radius 3 is 1.15 bits per heavy atom. The minimum absolute atomic E-state index is 0.526. The maximum Gasteiger partial charge on any atom is 0.179 e. The number of fused-ring (bicyclic) bond motifs is 21. The Morgan fingerprint density at radius 1 is 0.208 bits per heavy atom. The van der Waals surface area contributed by atoms with E-state index in [0.717, 1.165) is 129 Å². The van der Waals surface area contributed by atoms with Crippen molar-refractivity contribution in [3.05, 3.63) is 487 Å². The standard InChI is InChI=1S/C117H73N7O/c1-5-27-77(28-6-1)102-72-104(79-57-51-74(52-58-79)83-63-65-100-110(71-83)124(86-33-11-4-12-34-86)109-50-24-19-44-97(109)116(100)94-41-16-13-35-89(94)90-36-14-17-42-95(90)116)120-114(119-102)81-61-55-76(56-62-81)88-39-25-40-91-93-69-82(64-66-111(93)125-113(88)91)84-67-68-118-106(70-84)115-121-103(78-29-7-2-8-30-78)73-105(122-115)80-59-53-75(54-60-80)87-38-26-47-101-112(87)92-37-15-18-43-96(92)117(101)98-45-20-22-48-107(98)123(85-31-9-3-10-32-85)108-49-23-21-46-99(108)117/h1-73H. The van der Waals surface area contributed by atoms with Gasteiger partial charge in [0, 0.05) is 61.7 Å². The molecule has 2 spiro atoms. The Bertz CT molecular complexity index is 7810. The van der Waals surface area contributed by atoms with Crippen LogP contribution in [-0.4, -0.2) is 24.9 Å². The van der Waals surface area contributed by atoms with E-state index in [9.17, 15) is 0 Å². The summed E-state index contributed by atoms with van der Waals surface area (Å²) in [6.45, 7) is 0. The predicted octanol–water partition coefficient (Wildman–Crippen LogP) is 29.5. The van der Waals surface area contributed by atoms with Crippen molar-refractivity contribution in [3.63, 3.8) is 0 Å². The van der Waals surface area contributed by atoms with Crippen molar-refractivity contribution in [1.29, 1.82) is 0 Å². The monoisotopic (exact) mass is 1590 g/mol. The fourth-order valence-electron chi connectivity index (χ4n) is 20.7. The average molecular weight is 1590 g/mol. The Kier molecular flexibility index (Phi) is 16.3. The number of aromatic nitrogens is 5. The van der Waals surface area contributed by atoms with Crippen molar-refractivity contribution in [2.75, 3.05) is 9.80 Å². The molecule has 6 heterocycles. The van der Waals surface area contributed by atoms with Crippen molar-refractivity contribution >= 4 is 56.1 Å². The molecule has 0 N–H and O–H groups in total. The lowest BCUT2D eigenvalue weighted by Gasteiger charge is -2.45. The van der Waals surface area contributed by atoms with Crippen molar-refractivity contribution in [2.24, 2.45) is 0 Å². The molecule has 0 fully saturated rings. The number of hydrogen-bond donors (Lipinski definition) is 0. The molecule has 0 amide bonds. The molecule has 582 valence electrons. The van der Waals surface area contributed by atoms with Gasteiger partial charge in [-0.05, 0) is 191 Å². The molecule has 0 saturated heterocycles. The van der Waals surface area contributed by atoms with Gasteiger partial charge in [0.2, 0.25) is 0 Å². The zero-order valence-electron chi connectivity index (χ0n) is 67.7. The number of para-hydroxylation sites is 6. The third kappa shape index (κ3) is 11.1. The number of rotatable bonds is 12. The van der Waals surface area contributed by atoms with Gasteiger partial charge in [0.25, 0.3) is 0 Å². The first kappa shape index (κ1) is 71.4. The third-order valence-electron chi connectivity index (χ3n) is 26.2. The SMILES string of the molecule is c1ccc(-c2cc(-c3ccc(-c4ccc5c(c4)N(c4ccccc4)c4ccccc4C54c5ccccc5-c5ccccc54)cc3)nc(-c3ccc(-c4cccc5c4oc4ccc(-c6ccnc(-c7nc(-c8ccccc8)cc(-c8ccc(-c9cccc%10c9-c9ccccc9C%109c%10ccccc%10N(c%10ccccc%10)c%10ccccc%109)cc8)n7)c6)cc45)cc3)n2)cc1. The fourth-order valence-corrected chi connectivity index (χ4v) is 20.7. The number of benzene rings is 17. The highest BCUT2D eigenvalue weighted by molar-refractivity contribution is 6.11. The molecule has 4 aliphatic rings. The topological polar surface area (TPSA) is 84.1 Å². The van der Waals surface area contributed by atoms with Gasteiger partial charge < -0.3 is 14.2 Å². The van der Waals surface area contributed by atoms with E-state index in [4.69, 9.17) is 29.3 Å². The molecule has 4 aromatic heterocycles. The number of nitrogens with zero attached hydrogens (tertiary/aromatic N) is 7. The quantitative estimate of drug-likeness (QED) is 0.120. The number of furan rings is 1. The smallest absolute Gasteiger partial charge is 0.179 e. The van der Waals surface area contributed by atoms with Crippen molar-refractivity contribution in [2.45, 2.75) is 10.8 Å².